The van der Waals surface area contributed by atoms with E-state index in [0.717, 1.165) is 14.6 Å². The average Bonchev–Trinajstić information content (AvgIpc) is 2.73. The van der Waals surface area contributed by atoms with Gasteiger partial charge in [-0.15, -0.1) is 0 Å². The smallest absolute Gasteiger partial charge is 0.201 e. The fraction of sp³-hybridized carbons (Fsp3) is 0.133. The molecule has 2 aromatic carbocycles. The molecule has 0 bridgehead atoms. The fourth-order valence-corrected chi connectivity index (χ4v) is 2.93. The van der Waals surface area contributed by atoms with E-state index in [9.17, 15) is 4.39 Å². The fourth-order valence-electron chi connectivity index (χ4n) is 2.45. The minimum Gasteiger partial charge on any atom is -0.369 e. The van der Waals surface area contributed by atoms with E-state index in [0.29, 0.717) is 11.5 Å². The largest absolute Gasteiger partial charge is 0.369 e. The second-order valence-corrected chi connectivity index (χ2v) is 5.92. The van der Waals surface area contributed by atoms with E-state index in [1.807, 2.05) is 35.8 Å². The summed E-state index contributed by atoms with van der Waals surface area (Å²) in [7, 11) is 0. The number of imidazole rings is 1. The van der Waals surface area contributed by atoms with Crippen LogP contribution in [0.1, 0.15) is 18.5 Å². The Morgan fingerprint density at radius 2 is 2.00 bits per heavy atom. The van der Waals surface area contributed by atoms with Crippen molar-refractivity contribution in [3.05, 3.63) is 57.4 Å². The Hall–Kier alpha value is -1.63. The number of fused-ring (bicyclic) bond motifs is 1. The molecule has 0 aliphatic carbocycles. The van der Waals surface area contributed by atoms with Crippen LogP contribution in [0.3, 0.4) is 0 Å². The maximum atomic E-state index is 14.0. The molecule has 0 saturated heterocycles. The summed E-state index contributed by atoms with van der Waals surface area (Å²) < 4.78 is 16.9. The van der Waals surface area contributed by atoms with Crippen molar-refractivity contribution in [2.45, 2.75) is 13.0 Å². The van der Waals surface area contributed by atoms with Gasteiger partial charge in [-0.05, 0) is 53.8 Å². The maximum Gasteiger partial charge on any atom is 0.201 e. The molecule has 3 nitrogen and oxygen atoms in total. The maximum absolute atomic E-state index is 14.0. The third kappa shape index (κ3) is 2.15. The number of nitrogens with zero attached hydrogens (tertiary/aromatic N) is 2. The van der Waals surface area contributed by atoms with Crippen LogP contribution in [0.2, 0.25) is 0 Å². The molecule has 102 valence electrons. The van der Waals surface area contributed by atoms with Crippen LogP contribution in [0, 0.1) is 9.39 Å². The molecule has 1 atom stereocenters. The molecule has 0 aliphatic rings. The standard InChI is InChI=1S/C15H13FIN3/c1-9(11-4-2-3-5-12(11)16)20-14-7-6-10(17)8-13(14)19-15(20)18/h2-9H,1H3,(H2,18,19). The minimum atomic E-state index is -0.230. The lowest BCUT2D eigenvalue weighted by atomic mass is 10.1. The Kier molecular flexibility index (Phi) is 3.37. The van der Waals surface area contributed by atoms with E-state index >= 15 is 0 Å². The molecule has 1 aromatic heterocycles. The highest BCUT2D eigenvalue weighted by atomic mass is 127. The SMILES string of the molecule is CC(c1ccccc1F)n1c(N)nc2cc(I)ccc21. The van der Waals surface area contributed by atoms with Crippen LogP contribution in [-0.2, 0) is 0 Å². The Labute approximate surface area is 129 Å². The number of benzene rings is 2. The Bertz CT molecular complexity index is 782. The first-order chi connectivity index (χ1) is 9.58. The molecule has 0 radical (unpaired) electrons. The third-order valence-corrected chi connectivity index (χ3v) is 4.09. The van der Waals surface area contributed by atoms with Gasteiger partial charge in [-0.3, -0.25) is 0 Å². The van der Waals surface area contributed by atoms with Gasteiger partial charge in [0.2, 0.25) is 5.95 Å². The van der Waals surface area contributed by atoms with Crippen molar-refractivity contribution in [1.82, 2.24) is 9.55 Å². The molecule has 20 heavy (non-hydrogen) atoms. The molecular weight excluding hydrogens is 368 g/mol. The molecule has 1 unspecified atom stereocenters. The lowest BCUT2D eigenvalue weighted by Crippen LogP contribution is -2.11. The van der Waals surface area contributed by atoms with Gasteiger partial charge in [-0.1, -0.05) is 18.2 Å². The number of nitrogen functional groups attached to an aromatic ring is 1. The van der Waals surface area contributed by atoms with Crippen molar-refractivity contribution in [2.24, 2.45) is 0 Å². The van der Waals surface area contributed by atoms with Crippen LogP contribution in [0.4, 0.5) is 10.3 Å². The minimum absolute atomic E-state index is 0.207. The molecule has 0 saturated carbocycles. The summed E-state index contributed by atoms with van der Waals surface area (Å²) in [5.74, 6) is 0.171. The van der Waals surface area contributed by atoms with E-state index in [1.54, 1.807) is 12.1 Å². The summed E-state index contributed by atoms with van der Waals surface area (Å²) in [5, 5.41) is 0. The molecule has 0 aliphatic heterocycles. The van der Waals surface area contributed by atoms with E-state index in [4.69, 9.17) is 5.73 Å². The van der Waals surface area contributed by atoms with Crippen molar-refractivity contribution < 1.29 is 4.39 Å². The van der Waals surface area contributed by atoms with Crippen LogP contribution < -0.4 is 5.73 Å². The number of aromatic nitrogens is 2. The van der Waals surface area contributed by atoms with Gasteiger partial charge in [0.25, 0.3) is 0 Å². The Morgan fingerprint density at radius 1 is 1.25 bits per heavy atom. The third-order valence-electron chi connectivity index (χ3n) is 3.42. The first-order valence-corrected chi connectivity index (χ1v) is 7.33. The molecule has 1 heterocycles. The topological polar surface area (TPSA) is 43.8 Å². The number of hydrogen-bond donors (Lipinski definition) is 1. The van der Waals surface area contributed by atoms with Crippen LogP contribution in [0.15, 0.2) is 42.5 Å². The zero-order valence-electron chi connectivity index (χ0n) is 10.8. The van der Waals surface area contributed by atoms with Crippen molar-refractivity contribution >= 4 is 39.6 Å². The van der Waals surface area contributed by atoms with Crippen molar-refractivity contribution in [3.8, 4) is 0 Å². The highest BCUT2D eigenvalue weighted by molar-refractivity contribution is 14.1. The number of nitrogens with two attached hydrogens (primary N) is 1. The zero-order valence-corrected chi connectivity index (χ0v) is 13.0. The Morgan fingerprint density at radius 3 is 2.75 bits per heavy atom. The number of hydrogen-bond acceptors (Lipinski definition) is 2. The normalized spacial score (nSPS) is 12.8. The predicted octanol–water partition coefficient (Wildman–Crippen LogP) is 3.97. The monoisotopic (exact) mass is 381 g/mol. The van der Waals surface area contributed by atoms with Gasteiger partial charge >= 0.3 is 0 Å². The van der Waals surface area contributed by atoms with Gasteiger partial charge in [0.15, 0.2) is 0 Å². The molecule has 0 spiro atoms. The van der Waals surface area contributed by atoms with Crippen molar-refractivity contribution in [3.63, 3.8) is 0 Å². The van der Waals surface area contributed by atoms with E-state index < -0.39 is 0 Å². The molecule has 0 fully saturated rings. The number of anilines is 1. The highest BCUT2D eigenvalue weighted by Gasteiger charge is 2.18. The van der Waals surface area contributed by atoms with Crippen molar-refractivity contribution in [1.29, 1.82) is 0 Å². The number of rotatable bonds is 2. The number of halogens is 2. The quantitative estimate of drug-likeness (QED) is 0.683. The average molecular weight is 381 g/mol. The zero-order chi connectivity index (χ0) is 14.3. The first-order valence-electron chi connectivity index (χ1n) is 6.25. The van der Waals surface area contributed by atoms with Crippen LogP contribution in [0.25, 0.3) is 11.0 Å². The highest BCUT2D eigenvalue weighted by Crippen LogP contribution is 2.29. The molecule has 0 amide bonds. The molecular formula is C15H13FIN3. The van der Waals surface area contributed by atoms with Crippen LogP contribution in [0.5, 0.6) is 0 Å². The van der Waals surface area contributed by atoms with Gasteiger partial charge in [0.1, 0.15) is 5.82 Å². The summed E-state index contributed by atoms with van der Waals surface area (Å²) in [4.78, 5) is 4.36. The molecule has 3 aromatic rings. The summed E-state index contributed by atoms with van der Waals surface area (Å²) in [6.07, 6.45) is 0. The van der Waals surface area contributed by atoms with Crippen LogP contribution in [-0.4, -0.2) is 9.55 Å². The summed E-state index contributed by atoms with van der Waals surface area (Å²) in [6.45, 7) is 1.92. The Balaban J connectivity index is 2.19. The first kappa shape index (κ1) is 13.4. The van der Waals surface area contributed by atoms with E-state index in [2.05, 4.69) is 27.6 Å². The van der Waals surface area contributed by atoms with Gasteiger partial charge < -0.3 is 10.3 Å². The van der Waals surface area contributed by atoms with Crippen LogP contribution >= 0.6 is 22.6 Å². The van der Waals surface area contributed by atoms with Gasteiger partial charge in [-0.25, -0.2) is 9.37 Å². The second kappa shape index (κ2) is 5.05. The van der Waals surface area contributed by atoms with E-state index in [-0.39, 0.29) is 11.9 Å². The molecule has 5 heteroatoms. The molecule has 2 N–H and O–H groups in total. The second-order valence-electron chi connectivity index (χ2n) is 4.67. The molecule has 3 rings (SSSR count). The van der Waals surface area contributed by atoms with Gasteiger partial charge in [0, 0.05) is 9.13 Å². The van der Waals surface area contributed by atoms with Gasteiger partial charge in [0.05, 0.1) is 17.1 Å². The van der Waals surface area contributed by atoms with E-state index in [1.165, 1.54) is 6.07 Å². The summed E-state index contributed by atoms with van der Waals surface area (Å²) >= 11 is 2.23. The van der Waals surface area contributed by atoms with Gasteiger partial charge in [-0.2, -0.15) is 0 Å². The lowest BCUT2D eigenvalue weighted by Gasteiger charge is -2.17. The predicted molar refractivity (Wildman–Crippen MR) is 87.1 cm³/mol. The summed E-state index contributed by atoms with van der Waals surface area (Å²) in [5.41, 5.74) is 8.37. The summed E-state index contributed by atoms with van der Waals surface area (Å²) in [6, 6.07) is 12.5. The lowest BCUT2D eigenvalue weighted by molar-refractivity contribution is 0.567. The van der Waals surface area contributed by atoms with Crippen molar-refractivity contribution in [2.75, 3.05) is 5.73 Å².